The third-order valence-electron chi connectivity index (χ3n) is 2.08. The molecule has 0 saturated heterocycles. The Balaban J connectivity index is 2.55. The molecular formula is C10H14FIN2O2S. The third kappa shape index (κ3) is 4.84. The van der Waals surface area contributed by atoms with Crippen LogP contribution in [0.3, 0.4) is 0 Å². The van der Waals surface area contributed by atoms with Crippen LogP contribution in [0.5, 0.6) is 0 Å². The van der Waals surface area contributed by atoms with Crippen molar-refractivity contribution in [2.75, 3.05) is 11.0 Å². The molecule has 0 unspecified atom stereocenters. The molecular weight excluding hydrogens is 358 g/mol. The second kappa shape index (κ2) is 7.22. The van der Waals surface area contributed by atoms with Gasteiger partial charge in [0.05, 0.1) is 0 Å². The Labute approximate surface area is 114 Å². The topological polar surface area (TPSA) is 59.1 Å². The summed E-state index contributed by atoms with van der Waals surface area (Å²) in [5.74, 6) is -0.827. The van der Waals surface area contributed by atoms with Crippen LogP contribution in [0.2, 0.25) is 0 Å². The van der Waals surface area contributed by atoms with Crippen LogP contribution in [0.25, 0.3) is 0 Å². The zero-order valence-corrected chi connectivity index (χ0v) is 12.2. The Morgan fingerprint density at radius 3 is 2.76 bits per heavy atom. The van der Waals surface area contributed by atoms with Gasteiger partial charge >= 0.3 is 0 Å². The van der Waals surface area contributed by atoms with E-state index in [0.29, 0.717) is 6.54 Å². The Kier molecular flexibility index (Phi) is 6.28. The maximum Gasteiger partial charge on any atom is 0.261 e. The highest BCUT2D eigenvalue weighted by Crippen LogP contribution is 2.09. The average Bonchev–Trinajstić information content (AvgIpc) is 2.29. The van der Waals surface area contributed by atoms with E-state index in [1.54, 1.807) is 0 Å². The van der Waals surface area contributed by atoms with Crippen molar-refractivity contribution in [2.45, 2.75) is 24.3 Å². The maximum absolute atomic E-state index is 13.2. The van der Waals surface area contributed by atoms with E-state index in [1.165, 1.54) is 12.3 Å². The molecule has 1 rings (SSSR count). The van der Waals surface area contributed by atoms with Crippen molar-refractivity contribution in [1.82, 2.24) is 9.71 Å². The van der Waals surface area contributed by atoms with Gasteiger partial charge in [0.1, 0.15) is 0 Å². The van der Waals surface area contributed by atoms with Gasteiger partial charge in [-0.2, -0.15) is 0 Å². The molecule has 1 N–H and O–H groups in total. The van der Waals surface area contributed by atoms with E-state index in [0.717, 1.165) is 29.8 Å². The van der Waals surface area contributed by atoms with Crippen molar-refractivity contribution in [1.29, 1.82) is 0 Å². The first-order chi connectivity index (χ1) is 8.08. The fourth-order valence-electron chi connectivity index (χ4n) is 1.24. The molecule has 1 aromatic heterocycles. The number of unbranched alkanes of at least 4 members (excludes halogenated alkanes) is 2. The lowest BCUT2D eigenvalue weighted by Gasteiger charge is -2.06. The zero-order chi connectivity index (χ0) is 12.7. The second-order valence-electron chi connectivity index (χ2n) is 3.44. The van der Waals surface area contributed by atoms with Crippen molar-refractivity contribution < 1.29 is 12.8 Å². The highest BCUT2D eigenvalue weighted by Gasteiger charge is 2.19. The average molecular weight is 372 g/mol. The quantitative estimate of drug-likeness (QED) is 0.453. The summed E-state index contributed by atoms with van der Waals surface area (Å²) in [7, 11) is -3.82. The Morgan fingerprint density at radius 1 is 1.35 bits per heavy atom. The van der Waals surface area contributed by atoms with Gasteiger partial charge in [-0.05, 0) is 29.4 Å². The number of rotatable bonds is 7. The van der Waals surface area contributed by atoms with Crippen LogP contribution in [0.4, 0.5) is 4.39 Å². The smallest absolute Gasteiger partial charge is 0.241 e. The van der Waals surface area contributed by atoms with Crippen molar-refractivity contribution in [3.05, 3.63) is 24.1 Å². The molecule has 0 spiro atoms. The summed E-state index contributed by atoms with van der Waals surface area (Å²) >= 11 is 2.27. The maximum atomic E-state index is 13.2. The van der Waals surface area contributed by atoms with E-state index in [-0.39, 0.29) is 0 Å². The molecule has 0 fully saturated rings. The van der Waals surface area contributed by atoms with Crippen LogP contribution in [0, 0.1) is 5.82 Å². The minimum Gasteiger partial charge on any atom is -0.241 e. The van der Waals surface area contributed by atoms with E-state index in [4.69, 9.17) is 0 Å². The fraction of sp³-hybridized carbons (Fsp3) is 0.500. The van der Waals surface area contributed by atoms with Crippen LogP contribution >= 0.6 is 22.6 Å². The molecule has 0 amide bonds. The molecule has 1 aromatic rings. The van der Waals surface area contributed by atoms with Gasteiger partial charge in [-0.25, -0.2) is 22.5 Å². The van der Waals surface area contributed by atoms with Crippen LogP contribution < -0.4 is 4.72 Å². The summed E-state index contributed by atoms with van der Waals surface area (Å²) < 4.78 is 40.0. The first-order valence-corrected chi connectivity index (χ1v) is 8.25. The summed E-state index contributed by atoms with van der Waals surface area (Å²) in [5, 5.41) is -0.533. The van der Waals surface area contributed by atoms with E-state index in [1.807, 2.05) is 0 Å². The lowest BCUT2D eigenvalue weighted by Crippen LogP contribution is -2.26. The molecule has 17 heavy (non-hydrogen) atoms. The highest BCUT2D eigenvalue weighted by molar-refractivity contribution is 14.1. The third-order valence-corrected chi connectivity index (χ3v) is 4.24. The number of aromatic nitrogens is 1. The first-order valence-electron chi connectivity index (χ1n) is 5.24. The Bertz CT molecular complexity index is 453. The van der Waals surface area contributed by atoms with Crippen molar-refractivity contribution in [3.8, 4) is 0 Å². The largest absolute Gasteiger partial charge is 0.261 e. The molecule has 0 bridgehead atoms. The summed E-state index contributed by atoms with van der Waals surface area (Å²) in [5.41, 5.74) is 0. The van der Waals surface area contributed by atoms with Crippen LogP contribution in [-0.4, -0.2) is 24.4 Å². The lowest BCUT2D eigenvalue weighted by atomic mass is 10.3. The number of sulfonamides is 1. The van der Waals surface area contributed by atoms with Crippen LogP contribution in [0.15, 0.2) is 23.4 Å². The van der Waals surface area contributed by atoms with Crippen molar-refractivity contribution >= 4 is 32.6 Å². The Hall–Kier alpha value is -0.280. The molecule has 0 aromatic carbocycles. The number of pyridine rings is 1. The molecule has 0 aliphatic heterocycles. The van der Waals surface area contributed by atoms with Gasteiger partial charge in [0.15, 0.2) is 5.82 Å². The number of alkyl halides is 1. The normalized spacial score (nSPS) is 11.6. The summed E-state index contributed by atoms with van der Waals surface area (Å²) in [6, 6.07) is 2.44. The SMILES string of the molecule is O=S(=O)(NCCCCCI)c1ncccc1F. The van der Waals surface area contributed by atoms with E-state index >= 15 is 0 Å². The minimum absolute atomic E-state index is 0.314. The Morgan fingerprint density at radius 2 is 2.12 bits per heavy atom. The van der Waals surface area contributed by atoms with Gasteiger partial charge in [-0.15, -0.1) is 0 Å². The van der Waals surface area contributed by atoms with E-state index < -0.39 is 20.9 Å². The summed E-state index contributed by atoms with van der Waals surface area (Å²) in [6.45, 7) is 0.314. The van der Waals surface area contributed by atoms with Crippen molar-refractivity contribution in [2.24, 2.45) is 0 Å². The predicted molar refractivity (Wildman–Crippen MR) is 72.1 cm³/mol. The van der Waals surface area contributed by atoms with Crippen LogP contribution in [-0.2, 0) is 10.0 Å². The van der Waals surface area contributed by atoms with Gasteiger partial charge in [0.25, 0.3) is 10.0 Å². The summed E-state index contributed by atoms with van der Waals surface area (Å²) in [4.78, 5) is 3.54. The fourth-order valence-corrected chi connectivity index (χ4v) is 2.85. The molecule has 96 valence electrons. The lowest BCUT2D eigenvalue weighted by molar-refractivity contribution is 0.542. The van der Waals surface area contributed by atoms with E-state index in [9.17, 15) is 12.8 Å². The molecule has 1 heterocycles. The number of hydrogen-bond donors (Lipinski definition) is 1. The number of nitrogens with zero attached hydrogens (tertiary/aromatic N) is 1. The number of halogens is 2. The molecule has 0 radical (unpaired) electrons. The molecule has 0 atom stereocenters. The van der Waals surface area contributed by atoms with Crippen LogP contribution in [0.1, 0.15) is 19.3 Å². The minimum atomic E-state index is -3.82. The predicted octanol–water partition coefficient (Wildman–Crippen LogP) is 2.10. The van der Waals surface area contributed by atoms with Gasteiger partial charge in [0, 0.05) is 12.7 Å². The highest BCUT2D eigenvalue weighted by atomic mass is 127. The molecule has 0 aliphatic carbocycles. The molecule has 4 nitrogen and oxygen atoms in total. The van der Waals surface area contributed by atoms with Gasteiger partial charge in [0.2, 0.25) is 5.03 Å². The zero-order valence-electron chi connectivity index (χ0n) is 9.20. The monoisotopic (exact) mass is 372 g/mol. The second-order valence-corrected chi connectivity index (χ2v) is 6.20. The standard InChI is InChI=1S/C10H14FIN2O2S/c11-9-5-4-7-13-10(9)17(15,16)14-8-3-1-2-6-12/h4-5,7,14H,1-3,6,8H2. The molecule has 0 saturated carbocycles. The van der Waals surface area contributed by atoms with E-state index in [2.05, 4.69) is 32.3 Å². The van der Waals surface area contributed by atoms with Gasteiger partial charge in [-0.3, -0.25) is 0 Å². The first kappa shape index (κ1) is 14.8. The number of hydrogen-bond acceptors (Lipinski definition) is 3. The van der Waals surface area contributed by atoms with Gasteiger partial charge in [-0.1, -0.05) is 29.0 Å². The van der Waals surface area contributed by atoms with Crippen molar-refractivity contribution in [3.63, 3.8) is 0 Å². The molecule has 0 aliphatic rings. The number of nitrogens with one attached hydrogen (secondary N) is 1. The summed E-state index contributed by atoms with van der Waals surface area (Å²) in [6.07, 6.45) is 4.01. The van der Waals surface area contributed by atoms with Gasteiger partial charge < -0.3 is 0 Å². The molecule has 7 heteroatoms.